The molecule has 162 valence electrons. The second-order valence-electron chi connectivity index (χ2n) is 6.47. The lowest BCUT2D eigenvalue weighted by atomic mass is 10.2. The van der Waals surface area contributed by atoms with Crippen LogP contribution in [0.15, 0.2) is 59.7 Å². The van der Waals surface area contributed by atoms with Crippen LogP contribution in [0.1, 0.15) is 23.6 Å². The van der Waals surface area contributed by atoms with Gasteiger partial charge in [-0.2, -0.15) is 5.10 Å². The first-order valence-electron chi connectivity index (χ1n) is 9.50. The summed E-state index contributed by atoms with van der Waals surface area (Å²) in [5.74, 6) is 1.00. The highest BCUT2D eigenvalue weighted by atomic mass is 35.5. The average molecular weight is 498 g/mol. The summed E-state index contributed by atoms with van der Waals surface area (Å²) >= 11 is 24.8. The van der Waals surface area contributed by atoms with Crippen LogP contribution in [0.2, 0.25) is 20.1 Å². The van der Waals surface area contributed by atoms with Gasteiger partial charge in [-0.1, -0.05) is 64.6 Å². The summed E-state index contributed by atoms with van der Waals surface area (Å²) in [4.78, 5) is 0. The van der Waals surface area contributed by atoms with E-state index in [1.807, 2.05) is 37.3 Å². The van der Waals surface area contributed by atoms with Crippen molar-refractivity contribution in [3.05, 3.63) is 91.4 Å². The van der Waals surface area contributed by atoms with Crippen LogP contribution in [-0.4, -0.2) is 12.8 Å². The van der Waals surface area contributed by atoms with E-state index in [1.165, 1.54) is 0 Å². The summed E-state index contributed by atoms with van der Waals surface area (Å²) in [6.45, 7) is 3.06. The number of benzene rings is 3. The van der Waals surface area contributed by atoms with E-state index >= 15 is 0 Å². The molecule has 0 fully saturated rings. The molecule has 0 amide bonds. The number of rotatable bonds is 9. The van der Waals surface area contributed by atoms with Gasteiger partial charge in [0.15, 0.2) is 11.5 Å². The quantitative estimate of drug-likeness (QED) is 0.247. The van der Waals surface area contributed by atoms with Crippen molar-refractivity contribution in [1.82, 2.24) is 5.43 Å². The highest BCUT2D eigenvalue weighted by molar-refractivity contribution is 6.36. The number of halogens is 4. The van der Waals surface area contributed by atoms with Crippen molar-refractivity contribution in [2.24, 2.45) is 5.10 Å². The van der Waals surface area contributed by atoms with Gasteiger partial charge >= 0.3 is 0 Å². The Morgan fingerprint density at radius 1 is 0.903 bits per heavy atom. The number of nitrogens with one attached hydrogen (secondary N) is 1. The predicted octanol–water partition coefficient (Wildman–Crippen LogP) is 7.40. The molecule has 0 aliphatic carbocycles. The Kier molecular flexibility index (Phi) is 8.73. The van der Waals surface area contributed by atoms with E-state index < -0.39 is 0 Å². The summed E-state index contributed by atoms with van der Waals surface area (Å²) in [6.07, 6.45) is 1.64. The number of ether oxygens (including phenoxy) is 2. The van der Waals surface area contributed by atoms with E-state index in [4.69, 9.17) is 55.9 Å². The maximum Gasteiger partial charge on any atom is 0.180 e. The maximum atomic E-state index is 6.47. The zero-order valence-corrected chi connectivity index (χ0v) is 19.7. The molecule has 3 aromatic carbocycles. The van der Waals surface area contributed by atoms with Crippen molar-refractivity contribution >= 4 is 52.6 Å². The zero-order chi connectivity index (χ0) is 22.2. The van der Waals surface area contributed by atoms with E-state index in [2.05, 4.69) is 10.5 Å². The Bertz CT molecular complexity index is 1050. The SMILES string of the molecule is CCOc1cc(/C=N\NCc2c(Cl)cccc2Cl)cc(Cl)c1OCc1cccc(Cl)c1. The normalized spacial score (nSPS) is 11.0. The molecule has 4 nitrogen and oxygen atoms in total. The molecular formula is C23H20Cl4N2O2. The van der Waals surface area contributed by atoms with Gasteiger partial charge < -0.3 is 14.9 Å². The minimum absolute atomic E-state index is 0.313. The fourth-order valence-corrected chi connectivity index (χ4v) is 3.81. The first-order chi connectivity index (χ1) is 15.0. The molecule has 0 atom stereocenters. The third kappa shape index (κ3) is 6.68. The molecule has 0 bridgehead atoms. The fraction of sp³-hybridized carbons (Fsp3) is 0.174. The van der Waals surface area contributed by atoms with Crippen LogP contribution in [-0.2, 0) is 13.2 Å². The van der Waals surface area contributed by atoms with Crippen LogP contribution in [0.4, 0.5) is 0 Å². The molecule has 0 radical (unpaired) electrons. The van der Waals surface area contributed by atoms with Gasteiger partial charge in [-0.25, -0.2) is 0 Å². The van der Waals surface area contributed by atoms with Crippen molar-refractivity contribution < 1.29 is 9.47 Å². The smallest absolute Gasteiger partial charge is 0.180 e. The van der Waals surface area contributed by atoms with Gasteiger partial charge in [0.2, 0.25) is 0 Å². The molecule has 8 heteroatoms. The Balaban J connectivity index is 1.70. The molecule has 3 aromatic rings. The van der Waals surface area contributed by atoms with Crippen LogP contribution < -0.4 is 14.9 Å². The Morgan fingerprint density at radius 3 is 2.35 bits per heavy atom. The van der Waals surface area contributed by atoms with Crippen LogP contribution in [0.25, 0.3) is 0 Å². The molecule has 1 N–H and O–H groups in total. The number of hydrogen-bond donors (Lipinski definition) is 1. The number of hydrogen-bond acceptors (Lipinski definition) is 4. The third-order valence-electron chi connectivity index (χ3n) is 4.23. The van der Waals surface area contributed by atoms with E-state index in [0.717, 1.165) is 16.7 Å². The topological polar surface area (TPSA) is 42.8 Å². The molecule has 0 unspecified atom stereocenters. The van der Waals surface area contributed by atoms with Gasteiger partial charge in [0.05, 0.1) is 24.4 Å². The largest absolute Gasteiger partial charge is 0.490 e. The van der Waals surface area contributed by atoms with Gasteiger partial charge in [0.25, 0.3) is 0 Å². The van der Waals surface area contributed by atoms with Crippen LogP contribution in [0.5, 0.6) is 11.5 Å². The highest BCUT2D eigenvalue weighted by Crippen LogP contribution is 2.37. The molecule has 0 aliphatic heterocycles. The molecule has 0 aliphatic rings. The van der Waals surface area contributed by atoms with Crippen molar-refractivity contribution in [3.8, 4) is 11.5 Å². The summed E-state index contributed by atoms with van der Waals surface area (Å²) in [7, 11) is 0. The van der Waals surface area contributed by atoms with E-state index in [9.17, 15) is 0 Å². The van der Waals surface area contributed by atoms with Gasteiger partial charge in [0.1, 0.15) is 6.61 Å². The predicted molar refractivity (Wildman–Crippen MR) is 129 cm³/mol. The Hall–Kier alpha value is -2.11. The number of hydrazone groups is 1. The minimum Gasteiger partial charge on any atom is -0.490 e. The summed E-state index contributed by atoms with van der Waals surface area (Å²) in [5.41, 5.74) is 5.40. The molecule has 0 heterocycles. The van der Waals surface area contributed by atoms with Crippen molar-refractivity contribution in [3.63, 3.8) is 0 Å². The molecule has 31 heavy (non-hydrogen) atoms. The molecule has 0 aromatic heterocycles. The first kappa shape index (κ1) is 23.6. The maximum absolute atomic E-state index is 6.47. The van der Waals surface area contributed by atoms with Gasteiger partial charge in [-0.05, 0) is 54.4 Å². The molecule has 3 rings (SSSR count). The standard InChI is InChI=1S/C23H20Cl4N2O2/c1-2-30-22-11-16(12-28-29-13-18-19(25)7-4-8-20(18)26)10-21(27)23(22)31-14-15-5-3-6-17(24)9-15/h3-12,29H,2,13-14H2,1H3/b28-12-. The summed E-state index contributed by atoms with van der Waals surface area (Å²) in [5, 5.41) is 6.46. The lowest BCUT2D eigenvalue weighted by Gasteiger charge is -2.14. The fourth-order valence-electron chi connectivity index (χ4n) is 2.79. The molecule has 0 saturated carbocycles. The van der Waals surface area contributed by atoms with Crippen molar-refractivity contribution in [2.45, 2.75) is 20.1 Å². The van der Waals surface area contributed by atoms with Crippen LogP contribution in [0.3, 0.4) is 0 Å². The molecule has 0 spiro atoms. The first-order valence-corrected chi connectivity index (χ1v) is 11.0. The Labute approximate surface area is 201 Å². The molecule has 0 saturated heterocycles. The van der Waals surface area contributed by atoms with E-state index in [1.54, 1.807) is 30.5 Å². The van der Waals surface area contributed by atoms with Crippen molar-refractivity contribution in [2.75, 3.05) is 6.61 Å². The lowest BCUT2D eigenvalue weighted by Crippen LogP contribution is -2.07. The third-order valence-corrected chi connectivity index (χ3v) is 5.45. The molecular weight excluding hydrogens is 478 g/mol. The van der Waals surface area contributed by atoms with Crippen LogP contribution >= 0.6 is 46.4 Å². The highest BCUT2D eigenvalue weighted by Gasteiger charge is 2.13. The minimum atomic E-state index is 0.313. The number of nitrogens with zero attached hydrogens (tertiary/aromatic N) is 1. The van der Waals surface area contributed by atoms with Gasteiger partial charge in [-0.3, -0.25) is 0 Å². The van der Waals surface area contributed by atoms with E-state index in [-0.39, 0.29) is 0 Å². The summed E-state index contributed by atoms with van der Waals surface area (Å²) < 4.78 is 11.6. The van der Waals surface area contributed by atoms with Gasteiger partial charge in [-0.15, -0.1) is 0 Å². The van der Waals surface area contributed by atoms with Gasteiger partial charge in [0, 0.05) is 20.6 Å². The van der Waals surface area contributed by atoms with Crippen LogP contribution in [0, 0.1) is 0 Å². The average Bonchev–Trinajstić information content (AvgIpc) is 2.72. The monoisotopic (exact) mass is 496 g/mol. The lowest BCUT2D eigenvalue weighted by molar-refractivity contribution is 0.269. The zero-order valence-electron chi connectivity index (χ0n) is 16.7. The Morgan fingerprint density at radius 2 is 1.65 bits per heavy atom. The van der Waals surface area contributed by atoms with E-state index in [0.29, 0.717) is 51.3 Å². The van der Waals surface area contributed by atoms with Crippen molar-refractivity contribution in [1.29, 1.82) is 0 Å². The second-order valence-corrected chi connectivity index (χ2v) is 8.13. The second kappa shape index (κ2) is 11.5. The summed E-state index contributed by atoms with van der Waals surface area (Å²) in [6, 6.07) is 16.4.